The third-order valence-electron chi connectivity index (χ3n) is 2.14. The Morgan fingerprint density at radius 2 is 1.32 bits per heavy atom. The average molecular weight is 286 g/mol. The van der Waals surface area contributed by atoms with E-state index in [0.717, 1.165) is 0 Å². The molecule has 0 fully saturated rings. The first-order valence-corrected chi connectivity index (χ1v) is 5.42. The molecule has 0 aliphatic heterocycles. The van der Waals surface area contributed by atoms with Crippen molar-refractivity contribution >= 4 is 0 Å². The van der Waals surface area contributed by atoms with Crippen LogP contribution in [0.2, 0.25) is 0 Å². The Morgan fingerprint density at radius 3 is 1.63 bits per heavy atom. The first-order valence-electron chi connectivity index (χ1n) is 5.42. The van der Waals surface area contributed by atoms with Gasteiger partial charge in [0.1, 0.15) is 5.75 Å². The molecule has 1 nitrogen and oxygen atoms in total. The molecule has 0 bridgehead atoms. The fourth-order valence-corrected chi connectivity index (χ4v) is 1.27. The molecule has 1 aromatic carbocycles. The Balaban J connectivity index is 3.17. The lowest BCUT2D eigenvalue weighted by molar-refractivity contribution is -0.143. The van der Waals surface area contributed by atoms with E-state index >= 15 is 0 Å². The first-order chi connectivity index (χ1) is 8.50. The summed E-state index contributed by atoms with van der Waals surface area (Å²) in [6.07, 6.45) is -9.70. The number of halogens is 6. The van der Waals surface area contributed by atoms with Gasteiger partial charge in [0.25, 0.3) is 0 Å². The van der Waals surface area contributed by atoms with Crippen molar-refractivity contribution in [3.05, 3.63) is 29.3 Å². The summed E-state index contributed by atoms with van der Waals surface area (Å²) in [5, 5.41) is 0. The molecule has 0 heterocycles. The maximum absolute atomic E-state index is 12.5. The Morgan fingerprint density at radius 1 is 0.895 bits per heavy atom. The van der Waals surface area contributed by atoms with Crippen LogP contribution in [0.4, 0.5) is 26.3 Å². The second-order valence-corrected chi connectivity index (χ2v) is 4.45. The monoisotopic (exact) mass is 286 g/mol. The molecule has 19 heavy (non-hydrogen) atoms. The summed E-state index contributed by atoms with van der Waals surface area (Å²) in [6.45, 7) is 3.51. The number of hydrogen-bond donors (Lipinski definition) is 0. The Bertz CT molecular complexity index is 401. The van der Waals surface area contributed by atoms with Crippen molar-refractivity contribution in [1.29, 1.82) is 0 Å². The smallest absolute Gasteiger partial charge is 0.416 e. The molecule has 0 spiro atoms. The standard InChI is InChI=1S/C12H12F6O/c1-7(2)6-19-10-4-8(11(13,14)15)3-9(5-10)12(16,17)18/h3-5,7H,6H2,1-2H3. The van der Waals surface area contributed by atoms with E-state index < -0.39 is 29.2 Å². The molecule has 0 aliphatic carbocycles. The molecule has 0 N–H and O–H groups in total. The highest BCUT2D eigenvalue weighted by Gasteiger charge is 2.37. The lowest BCUT2D eigenvalue weighted by atomic mass is 10.1. The van der Waals surface area contributed by atoms with Crippen LogP contribution in [0, 0.1) is 5.92 Å². The van der Waals surface area contributed by atoms with Crippen molar-refractivity contribution in [2.75, 3.05) is 6.61 Å². The van der Waals surface area contributed by atoms with E-state index in [1.54, 1.807) is 13.8 Å². The highest BCUT2D eigenvalue weighted by molar-refractivity contribution is 5.37. The normalized spacial score (nSPS) is 12.9. The van der Waals surface area contributed by atoms with Crippen LogP contribution in [-0.4, -0.2) is 6.61 Å². The van der Waals surface area contributed by atoms with Crippen molar-refractivity contribution in [2.24, 2.45) is 5.92 Å². The molecule has 0 unspecified atom stereocenters. The quantitative estimate of drug-likeness (QED) is 0.728. The Labute approximate surface area is 106 Å². The first kappa shape index (κ1) is 15.7. The second kappa shape index (κ2) is 5.30. The number of rotatable bonds is 3. The third kappa shape index (κ3) is 4.65. The van der Waals surface area contributed by atoms with Gasteiger partial charge in [-0.3, -0.25) is 0 Å². The minimum Gasteiger partial charge on any atom is -0.493 e. The van der Waals surface area contributed by atoms with Crippen LogP contribution >= 0.6 is 0 Å². The zero-order chi connectivity index (χ0) is 14.8. The van der Waals surface area contributed by atoms with Gasteiger partial charge in [0.15, 0.2) is 0 Å². The third-order valence-corrected chi connectivity index (χ3v) is 2.14. The van der Waals surface area contributed by atoms with Gasteiger partial charge >= 0.3 is 12.4 Å². The van der Waals surface area contributed by atoms with Gasteiger partial charge in [-0.2, -0.15) is 26.3 Å². The molecule has 0 amide bonds. The van der Waals surface area contributed by atoms with Crippen molar-refractivity contribution in [3.8, 4) is 5.75 Å². The molecule has 0 radical (unpaired) electrons. The molecule has 7 heteroatoms. The van der Waals surface area contributed by atoms with Crippen LogP contribution in [0.5, 0.6) is 5.75 Å². The van der Waals surface area contributed by atoms with E-state index in [0.29, 0.717) is 12.1 Å². The number of hydrogen-bond acceptors (Lipinski definition) is 1. The van der Waals surface area contributed by atoms with Crippen molar-refractivity contribution < 1.29 is 31.1 Å². The number of benzene rings is 1. The van der Waals surface area contributed by atoms with Gasteiger partial charge in [0, 0.05) is 0 Å². The molecular weight excluding hydrogens is 274 g/mol. The van der Waals surface area contributed by atoms with Crippen molar-refractivity contribution in [2.45, 2.75) is 26.2 Å². The lowest BCUT2D eigenvalue weighted by Crippen LogP contribution is -2.12. The van der Waals surface area contributed by atoms with Crippen molar-refractivity contribution in [1.82, 2.24) is 0 Å². The summed E-state index contributed by atoms with van der Waals surface area (Å²) in [6, 6.07) is 1.21. The van der Waals surface area contributed by atoms with Crippen molar-refractivity contribution in [3.63, 3.8) is 0 Å². The molecule has 0 saturated carbocycles. The van der Waals surface area contributed by atoms with E-state index in [-0.39, 0.29) is 18.6 Å². The average Bonchev–Trinajstić information content (AvgIpc) is 2.23. The molecular formula is C12H12F6O. The molecule has 0 aromatic heterocycles. The van der Waals surface area contributed by atoms with Crippen LogP contribution in [-0.2, 0) is 12.4 Å². The Kier molecular flexibility index (Phi) is 4.37. The Hall–Kier alpha value is -1.40. The molecule has 0 atom stereocenters. The molecule has 1 aromatic rings. The molecule has 0 aliphatic rings. The van der Waals surface area contributed by atoms with Crippen LogP contribution in [0.25, 0.3) is 0 Å². The summed E-state index contributed by atoms with van der Waals surface area (Å²) in [4.78, 5) is 0. The lowest BCUT2D eigenvalue weighted by Gasteiger charge is -2.15. The van der Waals surface area contributed by atoms with E-state index in [1.165, 1.54) is 0 Å². The second-order valence-electron chi connectivity index (χ2n) is 4.45. The SMILES string of the molecule is CC(C)COc1cc(C(F)(F)F)cc(C(F)(F)F)c1. The minimum atomic E-state index is -4.85. The van der Waals surface area contributed by atoms with Gasteiger partial charge in [-0.15, -0.1) is 0 Å². The zero-order valence-corrected chi connectivity index (χ0v) is 10.2. The fourth-order valence-electron chi connectivity index (χ4n) is 1.27. The summed E-state index contributed by atoms with van der Waals surface area (Å²) < 4.78 is 80.0. The van der Waals surface area contributed by atoms with E-state index in [4.69, 9.17) is 4.74 Å². The highest BCUT2D eigenvalue weighted by Crippen LogP contribution is 2.38. The largest absolute Gasteiger partial charge is 0.493 e. The molecule has 0 saturated heterocycles. The van der Waals surface area contributed by atoms with Crippen LogP contribution < -0.4 is 4.74 Å². The summed E-state index contributed by atoms with van der Waals surface area (Å²) in [5.41, 5.74) is -2.75. The zero-order valence-electron chi connectivity index (χ0n) is 10.2. The summed E-state index contributed by atoms with van der Waals surface area (Å²) in [5.74, 6) is -0.445. The predicted molar refractivity (Wildman–Crippen MR) is 56.8 cm³/mol. The molecule has 108 valence electrons. The summed E-state index contributed by atoms with van der Waals surface area (Å²) >= 11 is 0. The number of ether oxygens (including phenoxy) is 1. The van der Waals surface area contributed by atoms with E-state index in [1.807, 2.05) is 0 Å². The van der Waals surface area contributed by atoms with Crippen LogP contribution in [0.3, 0.4) is 0 Å². The summed E-state index contributed by atoms with van der Waals surface area (Å²) in [7, 11) is 0. The molecule has 1 rings (SSSR count). The van der Waals surface area contributed by atoms with E-state index in [2.05, 4.69) is 0 Å². The maximum Gasteiger partial charge on any atom is 0.416 e. The maximum atomic E-state index is 12.5. The van der Waals surface area contributed by atoms with E-state index in [9.17, 15) is 26.3 Å². The minimum absolute atomic E-state index is 0.0103. The van der Waals surface area contributed by atoms with Gasteiger partial charge < -0.3 is 4.74 Å². The fraction of sp³-hybridized carbons (Fsp3) is 0.500. The number of alkyl halides is 6. The van der Waals surface area contributed by atoms with Gasteiger partial charge in [0.2, 0.25) is 0 Å². The van der Waals surface area contributed by atoms with Gasteiger partial charge in [-0.1, -0.05) is 13.8 Å². The topological polar surface area (TPSA) is 9.23 Å². The highest BCUT2D eigenvalue weighted by atomic mass is 19.4. The van der Waals surface area contributed by atoms with Gasteiger partial charge in [-0.05, 0) is 24.1 Å². The van der Waals surface area contributed by atoms with Gasteiger partial charge in [-0.25, -0.2) is 0 Å². The predicted octanol–water partition coefficient (Wildman–Crippen LogP) is 4.76. The van der Waals surface area contributed by atoms with Crippen LogP contribution in [0.15, 0.2) is 18.2 Å². The van der Waals surface area contributed by atoms with Gasteiger partial charge in [0.05, 0.1) is 17.7 Å². The van der Waals surface area contributed by atoms with Crippen LogP contribution in [0.1, 0.15) is 25.0 Å².